The molecule has 0 aliphatic carbocycles. The Balaban J connectivity index is 1.49. The first-order valence-corrected chi connectivity index (χ1v) is 10.3. The number of amides is 2. The van der Waals surface area contributed by atoms with E-state index in [0.717, 1.165) is 30.6 Å². The quantitative estimate of drug-likeness (QED) is 0.859. The van der Waals surface area contributed by atoms with Crippen molar-refractivity contribution in [3.05, 3.63) is 54.4 Å². The van der Waals surface area contributed by atoms with Gasteiger partial charge in [-0.2, -0.15) is 0 Å². The monoisotopic (exact) mass is 393 g/mol. The highest BCUT2D eigenvalue weighted by Gasteiger charge is 2.44. The molecule has 6 heteroatoms. The molecule has 1 saturated heterocycles. The molecule has 0 bridgehead atoms. The number of carbonyl (C=O) groups is 2. The Morgan fingerprint density at radius 2 is 2.00 bits per heavy atom. The fraction of sp³-hybridized carbons (Fsp3) is 0.435. The average molecular weight is 393 g/mol. The lowest BCUT2D eigenvalue weighted by atomic mass is 9.76. The lowest BCUT2D eigenvalue weighted by molar-refractivity contribution is -0.134. The molecule has 0 saturated carbocycles. The lowest BCUT2D eigenvalue weighted by Gasteiger charge is -2.47. The van der Waals surface area contributed by atoms with Gasteiger partial charge in [0.1, 0.15) is 11.4 Å². The van der Waals surface area contributed by atoms with E-state index in [9.17, 15) is 9.59 Å². The summed E-state index contributed by atoms with van der Waals surface area (Å²) < 4.78 is 6.47. The van der Waals surface area contributed by atoms with Gasteiger partial charge in [-0.15, -0.1) is 0 Å². The zero-order chi connectivity index (χ0) is 20.3. The van der Waals surface area contributed by atoms with Crippen molar-refractivity contribution in [1.82, 2.24) is 9.88 Å². The molecule has 3 heterocycles. The third-order valence-electron chi connectivity index (χ3n) is 6.01. The van der Waals surface area contributed by atoms with E-state index in [4.69, 9.17) is 4.74 Å². The number of hydrogen-bond acceptors (Lipinski definition) is 4. The molecule has 2 aliphatic heterocycles. The number of anilines is 1. The summed E-state index contributed by atoms with van der Waals surface area (Å²) >= 11 is 0. The summed E-state index contributed by atoms with van der Waals surface area (Å²) in [6.07, 6.45) is 6.66. The van der Waals surface area contributed by atoms with Gasteiger partial charge in [-0.25, -0.2) is 0 Å². The van der Waals surface area contributed by atoms with E-state index in [1.165, 1.54) is 0 Å². The van der Waals surface area contributed by atoms with E-state index in [1.54, 1.807) is 18.5 Å². The van der Waals surface area contributed by atoms with E-state index in [0.29, 0.717) is 31.6 Å². The molecule has 6 nitrogen and oxygen atoms in total. The highest BCUT2D eigenvalue weighted by molar-refractivity contribution is 5.91. The fourth-order valence-electron chi connectivity index (χ4n) is 4.49. The van der Waals surface area contributed by atoms with Gasteiger partial charge >= 0.3 is 0 Å². The number of pyridine rings is 1. The van der Waals surface area contributed by atoms with Crippen LogP contribution in [0.25, 0.3) is 0 Å². The molecule has 0 radical (unpaired) electrons. The van der Waals surface area contributed by atoms with E-state index < -0.39 is 0 Å². The van der Waals surface area contributed by atoms with Gasteiger partial charge in [-0.05, 0) is 30.2 Å². The number of rotatable bonds is 4. The summed E-state index contributed by atoms with van der Waals surface area (Å²) in [5.74, 6) is 1.13. The molecule has 2 aromatic rings. The van der Waals surface area contributed by atoms with Crippen molar-refractivity contribution < 1.29 is 14.3 Å². The summed E-state index contributed by atoms with van der Waals surface area (Å²) in [5.41, 5.74) is 1.49. The Hall–Kier alpha value is -2.89. The smallest absolute Gasteiger partial charge is 0.225 e. The Morgan fingerprint density at radius 3 is 2.72 bits per heavy atom. The maximum Gasteiger partial charge on any atom is 0.225 e. The number of para-hydroxylation sites is 1. The Bertz CT molecular complexity index is 876. The van der Waals surface area contributed by atoms with Crippen LogP contribution in [0.15, 0.2) is 48.8 Å². The molecule has 1 aromatic heterocycles. The highest BCUT2D eigenvalue weighted by atomic mass is 16.5. The van der Waals surface area contributed by atoms with Crippen LogP contribution in [0.2, 0.25) is 0 Å². The van der Waals surface area contributed by atoms with Gasteiger partial charge in [0.05, 0.1) is 11.9 Å². The minimum atomic E-state index is -0.307. The van der Waals surface area contributed by atoms with Crippen LogP contribution in [0.3, 0.4) is 0 Å². The summed E-state index contributed by atoms with van der Waals surface area (Å²) in [6.45, 7) is 3.32. The Kier molecular flexibility index (Phi) is 5.51. The molecule has 1 N–H and O–H groups in total. The van der Waals surface area contributed by atoms with Crippen LogP contribution in [0.5, 0.6) is 5.75 Å². The van der Waals surface area contributed by atoms with Gasteiger partial charge in [-0.3, -0.25) is 14.6 Å². The summed E-state index contributed by atoms with van der Waals surface area (Å²) in [5, 5.41) is 2.95. The first-order chi connectivity index (χ1) is 14.1. The van der Waals surface area contributed by atoms with Gasteiger partial charge < -0.3 is 15.0 Å². The Labute approximate surface area is 171 Å². The average Bonchev–Trinajstić information content (AvgIpc) is 2.74. The van der Waals surface area contributed by atoms with Crippen molar-refractivity contribution in [1.29, 1.82) is 0 Å². The number of piperidine rings is 1. The summed E-state index contributed by atoms with van der Waals surface area (Å²) in [7, 11) is 0. The van der Waals surface area contributed by atoms with Crippen LogP contribution in [-0.4, -0.2) is 40.4 Å². The molecule has 1 spiro atoms. The van der Waals surface area contributed by atoms with Crippen LogP contribution < -0.4 is 10.1 Å². The number of nitrogens with one attached hydrogen (secondary N) is 1. The maximum absolute atomic E-state index is 12.7. The molecule has 1 atom stereocenters. The van der Waals surface area contributed by atoms with E-state index in [2.05, 4.69) is 16.4 Å². The molecule has 2 amide bonds. The number of nitrogens with zero attached hydrogens (tertiary/aromatic N) is 2. The second kappa shape index (κ2) is 8.23. The van der Waals surface area contributed by atoms with Crippen LogP contribution in [0, 0.1) is 0 Å². The summed E-state index contributed by atoms with van der Waals surface area (Å²) in [4.78, 5) is 30.7. The van der Waals surface area contributed by atoms with Gasteiger partial charge in [0.25, 0.3) is 0 Å². The molecule has 4 rings (SSSR count). The minimum Gasteiger partial charge on any atom is -0.487 e. The zero-order valence-electron chi connectivity index (χ0n) is 16.8. The van der Waals surface area contributed by atoms with Crippen molar-refractivity contribution in [3.63, 3.8) is 0 Å². The van der Waals surface area contributed by atoms with Crippen molar-refractivity contribution >= 4 is 17.5 Å². The minimum absolute atomic E-state index is 0.0200. The number of likely N-dealkylation sites (tertiary alicyclic amines) is 1. The normalized spacial score (nSPS) is 19.9. The molecule has 1 fully saturated rings. The maximum atomic E-state index is 12.7. The third kappa shape index (κ3) is 4.26. The molecule has 2 aliphatic rings. The molecule has 0 unspecified atom stereocenters. The Morgan fingerprint density at radius 1 is 1.21 bits per heavy atom. The number of aromatic nitrogens is 1. The SMILES string of the molecule is CCC(=O)N1CCC2(CC1)C[C@@H](CC(=O)Nc1cccnc1)c1ccccc1O2. The number of fused-ring (bicyclic) bond motifs is 1. The van der Waals surface area contributed by atoms with Gasteiger partial charge in [0.2, 0.25) is 11.8 Å². The van der Waals surface area contributed by atoms with Crippen LogP contribution in [0.1, 0.15) is 50.5 Å². The molecular weight excluding hydrogens is 366 g/mol. The second-order valence-corrected chi connectivity index (χ2v) is 7.95. The van der Waals surface area contributed by atoms with E-state index in [-0.39, 0.29) is 23.3 Å². The first-order valence-electron chi connectivity index (χ1n) is 10.3. The van der Waals surface area contributed by atoms with Crippen LogP contribution in [0.4, 0.5) is 5.69 Å². The molecule has 1 aromatic carbocycles. The lowest BCUT2D eigenvalue weighted by Crippen LogP contribution is -2.51. The third-order valence-corrected chi connectivity index (χ3v) is 6.01. The number of benzene rings is 1. The van der Waals surface area contributed by atoms with Gasteiger partial charge in [0, 0.05) is 50.9 Å². The van der Waals surface area contributed by atoms with Gasteiger partial charge in [-0.1, -0.05) is 25.1 Å². The molecule has 152 valence electrons. The predicted molar refractivity (Wildman–Crippen MR) is 111 cm³/mol. The van der Waals surface area contributed by atoms with Crippen molar-refractivity contribution in [3.8, 4) is 5.75 Å². The van der Waals surface area contributed by atoms with Crippen molar-refractivity contribution in [2.24, 2.45) is 0 Å². The van der Waals surface area contributed by atoms with E-state index in [1.807, 2.05) is 36.1 Å². The largest absolute Gasteiger partial charge is 0.487 e. The molecule has 29 heavy (non-hydrogen) atoms. The number of hydrogen-bond donors (Lipinski definition) is 1. The molecular formula is C23H27N3O3. The van der Waals surface area contributed by atoms with Crippen molar-refractivity contribution in [2.45, 2.75) is 50.5 Å². The van der Waals surface area contributed by atoms with Crippen LogP contribution in [-0.2, 0) is 9.59 Å². The second-order valence-electron chi connectivity index (χ2n) is 7.95. The van der Waals surface area contributed by atoms with Crippen molar-refractivity contribution in [2.75, 3.05) is 18.4 Å². The zero-order valence-corrected chi connectivity index (χ0v) is 16.8. The number of carbonyl (C=O) groups excluding carboxylic acids is 2. The summed E-state index contributed by atoms with van der Waals surface area (Å²) in [6, 6.07) is 11.7. The topological polar surface area (TPSA) is 71.5 Å². The number of ether oxygens (including phenoxy) is 1. The standard InChI is InChI=1S/C23H27N3O3/c1-2-22(28)26-12-9-23(10-13-26)15-17(19-7-3-4-8-20(19)29-23)14-21(27)25-18-6-5-11-24-16-18/h3-8,11,16-17H,2,9-10,12-15H2,1H3,(H,25,27)/t17-/m1/s1. The van der Waals surface area contributed by atoms with E-state index >= 15 is 0 Å². The fourth-order valence-corrected chi connectivity index (χ4v) is 4.49. The predicted octanol–water partition coefficient (Wildman–Crippen LogP) is 3.75. The first kappa shape index (κ1) is 19.4. The highest BCUT2D eigenvalue weighted by Crippen LogP contribution is 2.46. The van der Waals surface area contributed by atoms with Gasteiger partial charge in [0.15, 0.2) is 0 Å². The van der Waals surface area contributed by atoms with Crippen LogP contribution >= 0.6 is 0 Å².